The summed E-state index contributed by atoms with van der Waals surface area (Å²) < 4.78 is 5.33. The molecule has 0 saturated heterocycles. The second-order valence-corrected chi connectivity index (χ2v) is 6.24. The van der Waals surface area contributed by atoms with E-state index in [-0.39, 0.29) is 5.97 Å². The number of benzene rings is 2. The molecule has 0 atom stereocenters. The van der Waals surface area contributed by atoms with Crippen molar-refractivity contribution in [2.24, 2.45) is 5.41 Å². The van der Waals surface area contributed by atoms with Gasteiger partial charge in [-0.3, -0.25) is 4.79 Å². The van der Waals surface area contributed by atoms with Crippen molar-refractivity contribution in [3.63, 3.8) is 0 Å². The molecule has 2 aromatic rings. The van der Waals surface area contributed by atoms with Gasteiger partial charge >= 0.3 is 5.97 Å². The molecule has 3 nitrogen and oxygen atoms in total. The van der Waals surface area contributed by atoms with E-state index < -0.39 is 5.41 Å². The van der Waals surface area contributed by atoms with E-state index in [0.29, 0.717) is 11.3 Å². The molecule has 0 fully saturated rings. The molecule has 3 heteroatoms. The van der Waals surface area contributed by atoms with Crippen LogP contribution in [0.15, 0.2) is 54.6 Å². The molecule has 0 heterocycles. The quantitative estimate of drug-likeness (QED) is 0.357. The number of carbonyl (C=O) groups excluding carboxylic acids is 1. The van der Waals surface area contributed by atoms with E-state index in [4.69, 9.17) is 4.74 Å². The molecule has 0 saturated carbocycles. The Morgan fingerprint density at radius 3 is 2.17 bits per heavy atom. The van der Waals surface area contributed by atoms with Gasteiger partial charge in [-0.25, -0.2) is 0 Å². The van der Waals surface area contributed by atoms with Crippen LogP contribution in [0, 0.1) is 16.7 Å². The van der Waals surface area contributed by atoms with Crippen LogP contribution in [0.1, 0.15) is 31.9 Å². The Hall–Kier alpha value is -2.86. The molecule has 0 unspecified atom stereocenters. The highest BCUT2D eigenvalue weighted by atomic mass is 16.5. The Labute approximate surface area is 136 Å². The van der Waals surface area contributed by atoms with Gasteiger partial charge in [0.25, 0.3) is 0 Å². The minimum atomic E-state index is -0.542. The molecule has 0 bridgehead atoms. The van der Waals surface area contributed by atoms with Gasteiger partial charge in [-0.05, 0) is 50.1 Å². The molecule has 2 aromatic carbocycles. The average Bonchev–Trinajstić information content (AvgIpc) is 2.54. The number of ether oxygens (including phenoxy) is 1. The topological polar surface area (TPSA) is 50.1 Å². The highest BCUT2D eigenvalue weighted by Gasteiger charge is 2.23. The van der Waals surface area contributed by atoms with Crippen molar-refractivity contribution in [2.45, 2.75) is 20.8 Å². The number of rotatable bonds is 3. The first-order valence-corrected chi connectivity index (χ1v) is 7.40. The zero-order valence-electron chi connectivity index (χ0n) is 13.5. The molecule has 0 N–H and O–H groups in total. The maximum Gasteiger partial charge on any atom is 0.316 e. The summed E-state index contributed by atoms with van der Waals surface area (Å²) in [7, 11) is 0. The van der Waals surface area contributed by atoms with Gasteiger partial charge in [0.05, 0.1) is 17.1 Å². The Kier molecular flexibility index (Phi) is 4.98. The van der Waals surface area contributed by atoms with E-state index in [1.54, 1.807) is 12.1 Å². The van der Waals surface area contributed by atoms with Crippen molar-refractivity contribution in [3.05, 3.63) is 65.7 Å². The smallest absolute Gasteiger partial charge is 0.316 e. The molecule has 23 heavy (non-hydrogen) atoms. The SMILES string of the molecule is CC(C)(C)C(=O)Oc1ccc(/C=C(/C#N)c2ccccc2)cc1. The Balaban J connectivity index is 2.18. The van der Waals surface area contributed by atoms with Crippen LogP contribution >= 0.6 is 0 Å². The summed E-state index contributed by atoms with van der Waals surface area (Å²) in [5.41, 5.74) is 1.80. The van der Waals surface area contributed by atoms with Crippen LogP contribution in [0.25, 0.3) is 11.6 Å². The van der Waals surface area contributed by atoms with E-state index in [1.165, 1.54) is 0 Å². The van der Waals surface area contributed by atoms with Crippen LogP contribution in [0.4, 0.5) is 0 Å². The maximum atomic E-state index is 11.9. The van der Waals surface area contributed by atoms with Crippen LogP contribution in [-0.2, 0) is 4.79 Å². The number of hydrogen-bond acceptors (Lipinski definition) is 3. The number of nitrogens with zero attached hydrogens (tertiary/aromatic N) is 1. The third-order valence-electron chi connectivity index (χ3n) is 3.22. The summed E-state index contributed by atoms with van der Waals surface area (Å²) in [6, 6.07) is 18.8. The van der Waals surface area contributed by atoms with Crippen molar-refractivity contribution in [1.29, 1.82) is 5.26 Å². The second kappa shape index (κ2) is 6.93. The predicted octanol–water partition coefficient (Wildman–Crippen LogP) is 4.70. The molecule has 0 aliphatic heterocycles. The van der Waals surface area contributed by atoms with Gasteiger partial charge in [-0.2, -0.15) is 5.26 Å². The zero-order chi connectivity index (χ0) is 16.9. The van der Waals surface area contributed by atoms with Crippen LogP contribution in [0.5, 0.6) is 5.75 Å². The van der Waals surface area contributed by atoms with Gasteiger partial charge in [0.1, 0.15) is 5.75 Å². The third kappa shape index (κ3) is 4.55. The first-order valence-electron chi connectivity index (χ1n) is 7.40. The van der Waals surface area contributed by atoms with E-state index >= 15 is 0 Å². The van der Waals surface area contributed by atoms with Crippen LogP contribution in [0.2, 0.25) is 0 Å². The lowest BCUT2D eigenvalue weighted by atomic mass is 9.97. The monoisotopic (exact) mass is 305 g/mol. The number of carbonyl (C=O) groups is 1. The first kappa shape index (κ1) is 16.5. The summed E-state index contributed by atoms with van der Waals surface area (Å²) >= 11 is 0. The van der Waals surface area contributed by atoms with E-state index in [9.17, 15) is 10.1 Å². The summed E-state index contributed by atoms with van der Waals surface area (Å²) in [5, 5.41) is 9.32. The Bertz CT molecular complexity index is 745. The van der Waals surface area contributed by atoms with Gasteiger partial charge in [0, 0.05) is 0 Å². The Morgan fingerprint density at radius 2 is 1.65 bits per heavy atom. The molecule has 2 rings (SSSR count). The largest absolute Gasteiger partial charge is 0.426 e. The van der Waals surface area contributed by atoms with Crippen molar-refractivity contribution >= 4 is 17.6 Å². The second-order valence-electron chi connectivity index (χ2n) is 6.24. The van der Waals surface area contributed by atoms with Gasteiger partial charge in [0.2, 0.25) is 0 Å². The summed E-state index contributed by atoms with van der Waals surface area (Å²) in [5.74, 6) is 0.225. The highest BCUT2D eigenvalue weighted by Crippen LogP contribution is 2.22. The lowest BCUT2D eigenvalue weighted by Gasteiger charge is -2.16. The lowest BCUT2D eigenvalue weighted by Crippen LogP contribution is -2.25. The first-order chi connectivity index (χ1) is 10.9. The minimum absolute atomic E-state index is 0.275. The summed E-state index contributed by atoms with van der Waals surface area (Å²) in [4.78, 5) is 11.9. The zero-order valence-corrected chi connectivity index (χ0v) is 13.5. The third-order valence-corrected chi connectivity index (χ3v) is 3.22. The van der Waals surface area contributed by atoms with Crippen molar-refractivity contribution in [2.75, 3.05) is 0 Å². The fraction of sp³-hybridized carbons (Fsp3) is 0.200. The Morgan fingerprint density at radius 1 is 1.04 bits per heavy atom. The number of allylic oxidation sites excluding steroid dienone is 1. The number of hydrogen-bond donors (Lipinski definition) is 0. The highest BCUT2D eigenvalue weighted by molar-refractivity contribution is 5.89. The van der Waals surface area contributed by atoms with E-state index in [2.05, 4.69) is 6.07 Å². The molecular weight excluding hydrogens is 286 g/mol. The molecular formula is C20H19NO2. The van der Waals surface area contributed by atoms with E-state index in [0.717, 1.165) is 11.1 Å². The molecule has 0 aliphatic carbocycles. The molecule has 0 aromatic heterocycles. The maximum absolute atomic E-state index is 11.9. The number of nitriles is 1. The van der Waals surface area contributed by atoms with Gasteiger partial charge in [0.15, 0.2) is 0 Å². The fourth-order valence-corrected chi connectivity index (χ4v) is 1.86. The van der Waals surface area contributed by atoms with Crippen LogP contribution < -0.4 is 4.74 Å². The molecule has 0 radical (unpaired) electrons. The molecule has 0 aliphatic rings. The molecule has 0 amide bonds. The van der Waals surface area contributed by atoms with E-state index in [1.807, 2.05) is 69.3 Å². The van der Waals surface area contributed by atoms with Gasteiger partial charge in [-0.1, -0.05) is 42.5 Å². The van der Waals surface area contributed by atoms with Crippen LogP contribution in [-0.4, -0.2) is 5.97 Å². The van der Waals surface area contributed by atoms with Crippen molar-refractivity contribution in [3.8, 4) is 11.8 Å². The van der Waals surface area contributed by atoms with Crippen LogP contribution in [0.3, 0.4) is 0 Å². The predicted molar refractivity (Wildman–Crippen MR) is 91.5 cm³/mol. The van der Waals surface area contributed by atoms with Gasteiger partial charge < -0.3 is 4.74 Å². The lowest BCUT2D eigenvalue weighted by molar-refractivity contribution is -0.142. The van der Waals surface area contributed by atoms with Crippen molar-refractivity contribution < 1.29 is 9.53 Å². The van der Waals surface area contributed by atoms with Gasteiger partial charge in [-0.15, -0.1) is 0 Å². The molecule has 0 spiro atoms. The minimum Gasteiger partial charge on any atom is -0.426 e. The van der Waals surface area contributed by atoms with Crippen molar-refractivity contribution in [1.82, 2.24) is 0 Å². The number of esters is 1. The summed E-state index contributed by atoms with van der Waals surface area (Å²) in [6.45, 7) is 5.43. The fourth-order valence-electron chi connectivity index (χ4n) is 1.86. The standard InChI is InChI=1S/C20H19NO2/c1-20(2,3)19(22)23-18-11-9-15(10-12-18)13-17(14-21)16-7-5-4-6-8-16/h4-13H,1-3H3/b17-13-. The molecule has 116 valence electrons. The normalized spacial score (nSPS) is 11.7. The summed E-state index contributed by atoms with van der Waals surface area (Å²) in [6.07, 6.45) is 1.81. The average molecular weight is 305 g/mol.